The molecule has 0 spiro atoms. The Morgan fingerprint density at radius 2 is 1.71 bits per heavy atom. The first-order chi connectivity index (χ1) is 16.9. The van der Waals surface area contributed by atoms with E-state index in [0.29, 0.717) is 50.5 Å². The van der Waals surface area contributed by atoms with Crippen molar-refractivity contribution in [2.45, 2.75) is 45.6 Å². The number of aryl methyl sites for hydroxylation is 2. The number of ether oxygens (including phenoxy) is 3. The Morgan fingerprint density at radius 1 is 0.971 bits per heavy atom. The maximum absolute atomic E-state index is 13.2. The van der Waals surface area contributed by atoms with Crippen LogP contribution < -0.4 is 14.2 Å². The lowest BCUT2D eigenvalue weighted by molar-refractivity contribution is -0.137. The number of amides is 2. The second kappa shape index (κ2) is 11.0. The molecular formula is C28H36N2O5. The van der Waals surface area contributed by atoms with Crippen molar-refractivity contribution in [2.75, 3.05) is 40.4 Å². The summed E-state index contributed by atoms with van der Waals surface area (Å²) in [5.41, 5.74) is 3.38. The smallest absolute Gasteiger partial charge is 0.227 e. The van der Waals surface area contributed by atoms with E-state index in [0.717, 1.165) is 29.7 Å². The minimum absolute atomic E-state index is 0.0527. The molecule has 0 saturated carbocycles. The Hall–Kier alpha value is -3.22. The molecule has 0 aliphatic carbocycles. The van der Waals surface area contributed by atoms with E-state index in [1.54, 1.807) is 14.2 Å². The van der Waals surface area contributed by atoms with Crippen LogP contribution in [0.4, 0.5) is 0 Å². The van der Waals surface area contributed by atoms with Gasteiger partial charge >= 0.3 is 0 Å². The SMILES string of the molecule is COc1ccc(CCN2CC(C(=O)N3CCC(Oc4cc(C)ccc4C)CC3)CC2=O)cc1OC. The highest BCUT2D eigenvalue weighted by Crippen LogP contribution is 2.29. The van der Waals surface area contributed by atoms with Crippen LogP contribution in [0.15, 0.2) is 36.4 Å². The van der Waals surface area contributed by atoms with Gasteiger partial charge in [-0.15, -0.1) is 0 Å². The van der Waals surface area contributed by atoms with E-state index < -0.39 is 0 Å². The number of carbonyl (C=O) groups excluding carboxylic acids is 2. The number of nitrogens with zero attached hydrogens (tertiary/aromatic N) is 2. The zero-order chi connectivity index (χ0) is 24.9. The van der Waals surface area contributed by atoms with Crippen molar-refractivity contribution in [3.8, 4) is 17.2 Å². The molecular weight excluding hydrogens is 444 g/mol. The molecule has 1 atom stereocenters. The lowest BCUT2D eigenvalue weighted by atomic mass is 10.0. The van der Waals surface area contributed by atoms with Crippen molar-refractivity contribution < 1.29 is 23.8 Å². The minimum Gasteiger partial charge on any atom is -0.493 e. The van der Waals surface area contributed by atoms with Gasteiger partial charge in [0.25, 0.3) is 0 Å². The van der Waals surface area contributed by atoms with Gasteiger partial charge in [-0.05, 0) is 55.2 Å². The van der Waals surface area contributed by atoms with Crippen molar-refractivity contribution in [2.24, 2.45) is 5.92 Å². The molecule has 7 heteroatoms. The largest absolute Gasteiger partial charge is 0.493 e. The fourth-order valence-corrected chi connectivity index (χ4v) is 4.92. The minimum atomic E-state index is -0.260. The van der Waals surface area contributed by atoms with E-state index in [9.17, 15) is 9.59 Å². The van der Waals surface area contributed by atoms with Gasteiger partial charge in [0.15, 0.2) is 11.5 Å². The highest BCUT2D eigenvalue weighted by Gasteiger charge is 2.37. The molecule has 2 saturated heterocycles. The lowest BCUT2D eigenvalue weighted by Crippen LogP contribution is -2.45. The van der Waals surface area contributed by atoms with Crippen LogP contribution in [-0.4, -0.2) is 68.1 Å². The Labute approximate surface area is 207 Å². The quantitative estimate of drug-likeness (QED) is 0.575. The summed E-state index contributed by atoms with van der Waals surface area (Å²) in [5, 5.41) is 0. The molecule has 1 unspecified atom stereocenters. The van der Waals surface area contributed by atoms with Crippen LogP contribution in [0.3, 0.4) is 0 Å². The summed E-state index contributed by atoms with van der Waals surface area (Å²) >= 11 is 0. The first-order valence-electron chi connectivity index (χ1n) is 12.4. The number of hydrogen-bond donors (Lipinski definition) is 0. The number of rotatable bonds is 8. The van der Waals surface area contributed by atoms with Gasteiger partial charge in [-0.3, -0.25) is 9.59 Å². The Morgan fingerprint density at radius 3 is 2.43 bits per heavy atom. The number of likely N-dealkylation sites (tertiary alicyclic amines) is 2. The summed E-state index contributed by atoms with van der Waals surface area (Å²) in [4.78, 5) is 29.5. The first kappa shape index (κ1) is 24.9. The van der Waals surface area contributed by atoms with E-state index in [2.05, 4.69) is 32.0 Å². The van der Waals surface area contributed by atoms with E-state index in [-0.39, 0.29) is 23.8 Å². The molecule has 2 aliphatic rings. The van der Waals surface area contributed by atoms with Gasteiger partial charge in [0.2, 0.25) is 11.8 Å². The topological polar surface area (TPSA) is 68.3 Å². The average molecular weight is 481 g/mol. The zero-order valence-corrected chi connectivity index (χ0v) is 21.2. The standard InChI is InChI=1S/C28H36N2O5/c1-19-5-6-20(2)25(15-19)35-23-10-13-29(14-11-23)28(32)22-17-27(31)30(18-22)12-9-21-7-8-24(33-3)26(16-21)34-4/h5-8,15-16,22-23H,9-14,17-18H2,1-4H3. The first-order valence-corrected chi connectivity index (χ1v) is 12.4. The van der Waals surface area contributed by atoms with Crippen LogP contribution in [0.25, 0.3) is 0 Å². The molecule has 0 radical (unpaired) electrons. The monoisotopic (exact) mass is 480 g/mol. The molecule has 4 rings (SSSR count). The third kappa shape index (κ3) is 5.89. The fourth-order valence-electron chi connectivity index (χ4n) is 4.92. The Bertz CT molecular complexity index is 1060. The normalized spacial score (nSPS) is 18.6. The molecule has 0 bridgehead atoms. The van der Waals surface area contributed by atoms with Crippen LogP contribution in [0.1, 0.15) is 36.0 Å². The molecule has 2 aromatic carbocycles. The van der Waals surface area contributed by atoms with Crippen molar-refractivity contribution >= 4 is 11.8 Å². The second-order valence-electron chi connectivity index (χ2n) is 9.59. The molecule has 7 nitrogen and oxygen atoms in total. The van der Waals surface area contributed by atoms with Crippen LogP contribution in [0, 0.1) is 19.8 Å². The highest BCUT2D eigenvalue weighted by atomic mass is 16.5. The van der Waals surface area contributed by atoms with Gasteiger partial charge in [-0.25, -0.2) is 0 Å². The molecule has 35 heavy (non-hydrogen) atoms. The zero-order valence-electron chi connectivity index (χ0n) is 21.2. The van der Waals surface area contributed by atoms with Crippen molar-refractivity contribution in [3.63, 3.8) is 0 Å². The molecule has 2 aromatic rings. The summed E-state index contributed by atoms with van der Waals surface area (Å²) in [5.74, 6) is 2.18. The number of piperidine rings is 1. The van der Waals surface area contributed by atoms with Crippen molar-refractivity contribution in [1.82, 2.24) is 9.80 Å². The lowest BCUT2D eigenvalue weighted by Gasteiger charge is -2.34. The van der Waals surface area contributed by atoms with E-state index in [1.165, 1.54) is 5.56 Å². The highest BCUT2D eigenvalue weighted by molar-refractivity contribution is 5.89. The molecule has 2 amide bonds. The summed E-state index contributed by atoms with van der Waals surface area (Å²) < 4.78 is 16.9. The summed E-state index contributed by atoms with van der Waals surface area (Å²) in [6.45, 7) is 6.54. The second-order valence-corrected chi connectivity index (χ2v) is 9.59. The fraction of sp³-hybridized carbons (Fsp3) is 0.500. The summed E-state index contributed by atoms with van der Waals surface area (Å²) in [7, 11) is 3.22. The van der Waals surface area contributed by atoms with E-state index >= 15 is 0 Å². The average Bonchev–Trinajstić information content (AvgIpc) is 3.25. The third-order valence-electron chi connectivity index (χ3n) is 7.07. The van der Waals surface area contributed by atoms with Crippen LogP contribution >= 0.6 is 0 Å². The Balaban J connectivity index is 1.26. The summed E-state index contributed by atoms with van der Waals surface area (Å²) in [6.07, 6.45) is 2.73. The van der Waals surface area contributed by atoms with Crippen LogP contribution in [-0.2, 0) is 16.0 Å². The molecule has 0 N–H and O–H groups in total. The number of methoxy groups -OCH3 is 2. The van der Waals surface area contributed by atoms with Crippen molar-refractivity contribution in [3.05, 3.63) is 53.1 Å². The molecule has 188 valence electrons. The predicted molar refractivity (Wildman–Crippen MR) is 134 cm³/mol. The van der Waals surface area contributed by atoms with Gasteiger partial charge < -0.3 is 24.0 Å². The van der Waals surface area contributed by atoms with Gasteiger partial charge in [-0.2, -0.15) is 0 Å². The molecule has 0 aromatic heterocycles. The van der Waals surface area contributed by atoms with Gasteiger partial charge in [0, 0.05) is 45.4 Å². The maximum atomic E-state index is 13.2. The summed E-state index contributed by atoms with van der Waals surface area (Å²) in [6, 6.07) is 12.0. The number of carbonyl (C=O) groups is 2. The Kier molecular flexibility index (Phi) is 7.83. The number of benzene rings is 2. The van der Waals surface area contributed by atoms with Gasteiger partial charge in [0.05, 0.1) is 20.1 Å². The predicted octanol–water partition coefficient (Wildman–Crippen LogP) is 3.78. The molecule has 2 heterocycles. The molecule has 2 fully saturated rings. The molecule has 2 aliphatic heterocycles. The van der Waals surface area contributed by atoms with Crippen LogP contribution in [0.5, 0.6) is 17.2 Å². The van der Waals surface area contributed by atoms with Crippen LogP contribution in [0.2, 0.25) is 0 Å². The van der Waals surface area contributed by atoms with E-state index in [1.807, 2.05) is 28.0 Å². The van der Waals surface area contributed by atoms with Gasteiger partial charge in [0.1, 0.15) is 11.9 Å². The van der Waals surface area contributed by atoms with Crippen molar-refractivity contribution in [1.29, 1.82) is 0 Å². The third-order valence-corrected chi connectivity index (χ3v) is 7.07. The van der Waals surface area contributed by atoms with E-state index in [4.69, 9.17) is 14.2 Å². The van der Waals surface area contributed by atoms with Gasteiger partial charge in [-0.1, -0.05) is 18.2 Å². The number of hydrogen-bond acceptors (Lipinski definition) is 5. The maximum Gasteiger partial charge on any atom is 0.227 e.